The Morgan fingerprint density at radius 1 is 1.08 bits per heavy atom. The van der Waals surface area contributed by atoms with E-state index in [1.165, 1.54) is 11.1 Å². The molecule has 4 nitrogen and oxygen atoms in total. The number of hydrogen-bond donors (Lipinski definition) is 1. The van der Waals surface area contributed by atoms with E-state index >= 15 is 0 Å². The third-order valence-electron chi connectivity index (χ3n) is 5.70. The van der Waals surface area contributed by atoms with Crippen LogP contribution in [0, 0.1) is 0 Å². The van der Waals surface area contributed by atoms with Gasteiger partial charge in [-0.1, -0.05) is 30.3 Å². The Hall–Kier alpha value is -1.75. The third-order valence-corrected chi connectivity index (χ3v) is 5.70. The second-order valence-corrected chi connectivity index (χ2v) is 6.95. The van der Waals surface area contributed by atoms with Crippen molar-refractivity contribution < 1.29 is 5.11 Å². The van der Waals surface area contributed by atoms with E-state index in [4.69, 9.17) is 0 Å². The van der Waals surface area contributed by atoms with Gasteiger partial charge in [-0.2, -0.15) is 0 Å². The zero-order chi connectivity index (χ0) is 16.5. The zero-order valence-corrected chi connectivity index (χ0v) is 14.2. The van der Waals surface area contributed by atoms with Crippen LogP contribution in [0.15, 0.2) is 48.8 Å². The molecule has 1 saturated heterocycles. The van der Waals surface area contributed by atoms with Crippen molar-refractivity contribution in [1.29, 1.82) is 0 Å². The summed E-state index contributed by atoms with van der Waals surface area (Å²) in [4.78, 5) is 9.23. The first-order valence-electron chi connectivity index (χ1n) is 8.88. The molecular weight excluding hydrogens is 298 g/mol. The second-order valence-electron chi connectivity index (χ2n) is 6.95. The van der Waals surface area contributed by atoms with Gasteiger partial charge in [0.25, 0.3) is 0 Å². The highest BCUT2D eigenvalue weighted by Crippen LogP contribution is 2.35. The van der Waals surface area contributed by atoms with Gasteiger partial charge in [-0.05, 0) is 36.1 Å². The van der Waals surface area contributed by atoms with Gasteiger partial charge in [0.2, 0.25) is 0 Å². The molecule has 1 aromatic carbocycles. The molecule has 126 valence electrons. The van der Waals surface area contributed by atoms with Gasteiger partial charge in [-0.15, -0.1) is 0 Å². The van der Waals surface area contributed by atoms with Gasteiger partial charge in [0, 0.05) is 50.7 Å². The predicted molar refractivity (Wildman–Crippen MR) is 94.7 cm³/mol. The summed E-state index contributed by atoms with van der Waals surface area (Å²) in [6.45, 7) is 6.36. The van der Waals surface area contributed by atoms with Crippen molar-refractivity contribution in [1.82, 2.24) is 14.8 Å². The summed E-state index contributed by atoms with van der Waals surface area (Å²) in [6.07, 6.45) is 4.42. The molecule has 3 atom stereocenters. The Morgan fingerprint density at radius 2 is 1.88 bits per heavy atom. The number of fused-ring (bicyclic) bond motifs is 1. The van der Waals surface area contributed by atoms with Gasteiger partial charge in [-0.25, -0.2) is 0 Å². The molecule has 2 heterocycles. The monoisotopic (exact) mass is 323 g/mol. The Bertz CT molecular complexity index is 682. The molecule has 1 N–H and O–H groups in total. The average molecular weight is 323 g/mol. The van der Waals surface area contributed by atoms with Gasteiger partial charge >= 0.3 is 0 Å². The van der Waals surface area contributed by atoms with Crippen LogP contribution >= 0.6 is 0 Å². The maximum Gasteiger partial charge on any atom is 0.0951 e. The fourth-order valence-electron chi connectivity index (χ4n) is 4.17. The molecule has 0 unspecified atom stereocenters. The Labute approximate surface area is 143 Å². The molecule has 1 fully saturated rings. The molecule has 0 amide bonds. The van der Waals surface area contributed by atoms with Crippen molar-refractivity contribution >= 4 is 0 Å². The van der Waals surface area contributed by atoms with E-state index < -0.39 is 0 Å². The summed E-state index contributed by atoms with van der Waals surface area (Å²) in [5.41, 5.74) is 3.70. The van der Waals surface area contributed by atoms with Crippen LogP contribution in [0.4, 0.5) is 0 Å². The second kappa shape index (κ2) is 6.63. The van der Waals surface area contributed by atoms with Crippen LogP contribution in [0.3, 0.4) is 0 Å². The normalized spacial score (nSPS) is 26.2. The lowest BCUT2D eigenvalue weighted by atomic mass is 10.1. The van der Waals surface area contributed by atoms with E-state index in [0.29, 0.717) is 6.04 Å². The van der Waals surface area contributed by atoms with Gasteiger partial charge in [0.15, 0.2) is 0 Å². The molecular formula is C20H25N3O. The van der Waals surface area contributed by atoms with Gasteiger partial charge in [0.1, 0.15) is 0 Å². The smallest absolute Gasteiger partial charge is 0.0951 e. The number of aliphatic hydroxyl groups excluding tert-OH is 1. The Kier molecular flexibility index (Phi) is 4.35. The highest BCUT2D eigenvalue weighted by atomic mass is 16.3. The highest BCUT2D eigenvalue weighted by molar-refractivity contribution is 5.36. The largest absolute Gasteiger partial charge is 0.387 e. The lowest BCUT2D eigenvalue weighted by molar-refractivity contribution is 0.0184. The van der Waals surface area contributed by atoms with Crippen LogP contribution in [0.25, 0.3) is 0 Å². The van der Waals surface area contributed by atoms with Crippen molar-refractivity contribution in [2.24, 2.45) is 0 Å². The molecule has 4 heteroatoms. The molecule has 1 aliphatic carbocycles. The van der Waals surface area contributed by atoms with E-state index in [-0.39, 0.29) is 12.1 Å². The minimum Gasteiger partial charge on any atom is -0.387 e. The van der Waals surface area contributed by atoms with Crippen LogP contribution in [0.1, 0.15) is 35.8 Å². The first-order valence-corrected chi connectivity index (χ1v) is 8.88. The van der Waals surface area contributed by atoms with Crippen LogP contribution in [-0.4, -0.2) is 52.1 Å². The number of aromatic nitrogens is 1. The van der Waals surface area contributed by atoms with Crippen molar-refractivity contribution in [3.63, 3.8) is 0 Å². The summed E-state index contributed by atoms with van der Waals surface area (Å²) in [6, 6.07) is 13.1. The molecule has 2 aromatic rings. The highest BCUT2D eigenvalue weighted by Gasteiger charge is 2.36. The van der Waals surface area contributed by atoms with Crippen LogP contribution < -0.4 is 0 Å². The molecule has 1 aromatic heterocycles. The summed E-state index contributed by atoms with van der Waals surface area (Å²) < 4.78 is 0. The molecule has 0 radical (unpaired) electrons. The number of piperazine rings is 1. The molecule has 24 heavy (non-hydrogen) atoms. The predicted octanol–water partition coefficient (Wildman–Crippen LogP) is 2.42. The minimum atomic E-state index is -0.344. The van der Waals surface area contributed by atoms with Crippen LogP contribution in [0.2, 0.25) is 0 Å². The number of nitrogens with zero attached hydrogens (tertiary/aromatic N) is 3. The summed E-state index contributed by atoms with van der Waals surface area (Å²) >= 11 is 0. The van der Waals surface area contributed by atoms with Crippen LogP contribution in [-0.2, 0) is 6.42 Å². The van der Waals surface area contributed by atoms with E-state index in [1.807, 2.05) is 24.5 Å². The standard InChI is InChI=1S/C20H25N3O/c1-15(17-6-4-8-21-14-17)22-9-11-23(12-10-22)19-13-16-5-2-3-7-18(16)20(19)24/h2-8,14-15,19-20,24H,9-13H2,1H3/t15-,19-,20+/m1/s1. The first-order chi connectivity index (χ1) is 11.7. The van der Waals surface area contributed by atoms with Crippen molar-refractivity contribution in [2.75, 3.05) is 26.2 Å². The van der Waals surface area contributed by atoms with E-state index in [9.17, 15) is 5.11 Å². The average Bonchev–Trinajstić information content (AvgIpc) is 2.99. The molecule has 0 spiro atoms. The number of benzene rings is 1. The Morgan fingerprint density at radius 3 is 2.58 bits per heavy atom. The molecule has 0 bridgehead atoms. The van der Waals surface area contributed by atoms with Crippen LogP contribution in [0.5, 0.6) is 0 Å². The lowest BCUT2D eigenvalue weighted by Gasteiger charge is -2.41. The van der Waals surface area contributed by atoms with Crippen molar-refractivity contribution in [2.45, 2.75) is 31.5 Å². The van der Waals surface area contributed by atoms with Gasteiger partial charge < -0.3 is 5.11 Å². The quantitative estimate of drug-likeness (QED) is 0.942. The van der Waals surface area contributed by atoms with E-state index in [0.717, 1.165) is 38.2 Å². The molecule has 1 aliphatic heterocycles. The van der Waals surface area contributed by atoms with Crippen molar-refractivity contribution in [3.05, 3.63) is 65.5 Å². The molecule has 4 rings (SSSR count). The fourth-order valence-corrected chi connectivity index (χ4v) is 4.17. The SMILES string of the molecule is C[C@H](c1cccnc1)N1CCN([C@@H]2Cc3ccccc3[C@@H]2O)CC1. The minimum absolute atomic E-state index is 0.234. The maximum atomic E-state index is 10.7. The fraction of sp³-hybridized carbons (Fsp3) is 0.450. The molecule has 0 saturated carbocycles. The number of pyridine rings is 1. The Balaban J connectivity index is 1.39. The number of aliphatic hydroxyl groups is 1. The number of rotatable bonds is 3. The van der Waals surface area contributed by atoms with Gasteiger partial charge in [-0.3, -0.25) is 14.8 Å². The topological polar surface area (TPSA) is 39.6 Å². The number of hydrogen-bond acceptors (Lipinski definition) is 4. The van der Waals surface area contributed by atoms with Gasteiger partial charge in [0.05, 0.1) is 6.10 Å². The van der Waals surface area contributed by atoms with E-state index in [1.54, 1.807) is 0 Å². The first kappa shape index (κ1) is 15.8. The summed E-state index contributed by atoms with van der Waals surface area (Å²) in [7, 11) is 0. The van der Waals surface area contributed by atoms with E-state index in [2.05, 4.69) is 46.0 Å². The zero-order valence-electron chi connectivity index (χ0n) is 14.2. The maximum absolute atomic E-state index is 10.7. The lowest BCUT2D eigenvalue weighted by Crippen LogP contribution is -2.51. The summed E-state index contributed by atoms with van der Waals surface area (Å²) in [5, 5.41) is 10.7. The van der Waals surface area contributed by atoms with Crippen molar-refractivity contribution in [3.8, 4) is 0 Å². The summed E-state index contributed by atoms with van der Waals surface area (Å²) in [5.74, 6) is 0. The molecule has 2 aliphatic rings. The third kappa shape index (κ3) is 2.86.